The van der Waals surface area contributed by atoms with Crippen LogP contribution >= 0.6 is 0 Å². The molecule has 0 atom stereocenters. The summed E-state index contributed by atoms with van der Waals surface area (Å²) in [6.45, 7) is 0. The number of nitrogens with two attached hydrogens (primary N) is 1. The van der Waals surface area contributed by atoms with E-state index < -0.39 is 6.03 Å². The first-order valence-electron chi connectivity index (χ1n) is 7.51. The molecule has 0 fully saturated rings. The highest BCUT2D eigenvalue weighted by atomic mass is 16.2. The highest BCUT2D eigenvalue weighted by Gasteiger charge is 2.26. The predicted molar refractivity (Wildman–Crippen MR) is 93.2 cm³/mol. The number of hydrogen-bond acceptors (Lipinski definition) is 1. The Labute approximate surface area is 136 Å². The minimum Gasteiger partial charge on any atom is -0.351 e. The molecule has 0 aliphatic heterocycles. The summed E-state index contributed by atoms with van der Waals surface area (Å²) < 4.78 is 0. The monoisotopic (exact) mass is 302 g/mol. The molecule has 0 saturated carbocycles. The number of rotatable bonds is 4. The highest BCUT2D eigenvalue weighted by molar-refractivity contribution is 5.92. The van der Waals surface area contributed by atoms with Crippen LogP contribution in [0.25, 0.3) is 0 Å². The summed E-state index contributed by atoms with van der Waals surface area (Å²) in [5.74, 6) is 0. The molecule has 0 radical (unpaired) electrons. The number of para-hydroxylation sites is 1. The van der Waals surface area contributed by atoms with Crippen molar-refractivity contribution in [1.82, 2.24) is 0 Å². The van der Waals surface area contributed by atoms with E-state index in [1.807, 2.05) is 91.0 Å². The van der Waals surface area contributed by atoms with Gasteiger partial charge in [0.2, 0.25) is 0 Å². The molecule has 0 aliphatic rings. The van der Waals surface area contributed by atoms with Crippen LogP contribution in [-0.2, 0) is 0 Å². The van der Waals surface area contributed by atoms with Crippen LogP contribution in [0.4, 0.5) is 10.5 Å². The molecule has 0 unspecified atom stereocenters. The minimum atomic E-state index is -0.478. The SMILES string of the molecule is NC(=O)N(c1ccccc1)C(c1ccccc1)c1ccccc1. The van der Waals surface area contributed by atoms with E-state index in [1.54, 1.807) is 4.90 Å². The maximum absolute atomic E-state index is 12.2. The molecule has 3 aromatic carbocycles. The van der Waals surface area contributed by atoms with Crippen LogP contribution in [0, 0.1) is 0 Å². The third kappa shape index (κ3) is 3.24. The lowest BCUT2D eigenvalue weighted by molar-refractivity contribution is 0.252. The van der Waals surface area contributed by atoms with E-state index in [4.69, 9.17) is 5.73 Å². The molecular weight excluding hydrogens is 284 g/mol. The van der Waals surface area contributed by atoms with Gasteiger partial charge < -0.3 is 5.73 Å². The molecule has 0 aromatic heterocycles. The number of anilines is 1. The van der Waals surface area contributed by atoms with Gasteiger partial charge in [-0.15, -0.1) is 0 Å². The van der Waals surface area contributed by atoms with Crippen LogP contribution < -0.4 is 10.6 Å². The first-order chi connectivity index (χ1) is 11.3. The zero-order valence-electron chi connectivity index (χ0n) is 12.7. The van der Waals surface area contributed by atoms with Gasteiger partial charge in [-0.05, 0) is 23.3 Å². The third-order valence-corrected chi connectivity index (χ3v) is 3.76. The van der Waals surface area contributed by atoms with Crippen molar-refractivity contribution in [3.8, 4) is 0 Å². The molecule has 2 amide bonds. The summed E-state index contributed by atoms with van der Waals surface area (Å²) in [5, 5.41) is 0. The number of hydrogen-bond donors (Lipinski definition) is 1. The van der Waals surface area contributed by atoms with Crippen molar-refractivity contribution in [1.29, 1.82) is 0 Å². The van der Waals surface area contributed by atoms with Crippen molar-refractivity contribution in [2.24, 2.45) is 5.73 Å². The standard InChI is InChI=1S/C20H18N2O/c21-20(23)22(18-14-8-3-9-15-18)19(16-10-4-1-5-11-16)17-12-6-2-7-13-17/h1-15,19H,(H2,21,23). The van der Waals surface area contributed by atoms with Gasteiger partial charge in [0.25, 0.3) is 0 Å². The molecule has 0 spiro atoms. The zero-order valence-corrected chi connectivity index (χ0v) is 12.7. The van der Waals surface area contributed by atoms with Crippen molar-refractivity contribution in [2.75, 3.05) is 4.90 Å². The number of amides is 2. The van der Waals surface area contributed by atoms with E-state index in [-0.39, 0.29) is 6.04 Å². The van der Waals surface area contributed by atoms with Gasteiger partial charge in [0, 0.05) is 5.69 Å². The molecule has 114 valence electrons. The molecule has 0 saturated heterocycles. The van der Waals surface area contributed by atoms with Crippen LogP contribution in [0.2, 0.25) is 0 Å². The second kappa shape index (κ2) is 6.79. The van der Waals surface area contributed by atoms with Crippen molar-refractivity contribution in [3.63, 3.8) is 0 Å². The smallest absolute Gasteiger partial charge is 0.320 e. The molecule has 0 heterocycles. The number of urea groups is 1. The highest BCUT2D eigenvalue weighted by Crippen LogP contribution is 2.32. The average molecular weight is 302 g/mol. The summed E-state index contributed by atoms with van der Waals surface area (Å²) in [4.78, 5) is 13.9. The summed E-state index contributed by atoms with van der Waals surface area (Å²) in [6.07, 6.45) is 0. The maximum atomic E-state index is 12.2. The number of carbonyl (C=O) groups excluding carboxylic acids is 1. The van der Waals surface area contributed by atoms with Gasteiger partial charge >= 0.3 is 6.03 Å². The lowest BCUT2D eigenvalue weighted by atomic mass is 9.96. The van der Waals surface area contributed by atoms with Crippen molar-refractivity contribution in [3.05, 3.63) is 102 Å². The van der Waals surface area contributed by atoms with Crippen molar-refractivity contribution in [2.45, 2.75) is 6.04 Å². The van der Waals surface area contributed by atoms with Crippen molar-refractivity contribution >= 4 is 11.7 Å². The lowest BCUT2D eigenvalue weighted by Gasteiger charge is -2.31. The van der Waals surface area contributed by atoms with Gasteiger partial charge in [0.15, 0.2) is 0 Å². The fourth-order valence-electron chi connectivity index (χ4n) is 2.75. The third-order valence-electron chi connectivity index (χ3n) is 3.76. The van der Waals surface area contributed by atoms with Gasteiger partial charge in [-0.25, -0.2) is 4.79 Å². The van der Waals surface area contributed by atoms with E-state index in [0.29, 0.717) is 0 Å². The van der Waals surface area contributed by atoms with Crippen LogP contribution in [0.3, 0.4) is 0 Å². The average Bonchev–Trinajstić information content (AvgIpc) is 2.61. The Balaban J connectivity index is 2.15. The summed E-state index contributed by atoms with van der Waals surface area (Å²) >= 11 is 0. The normalized spacial score (nSPS) is 10.5. The van der Waals surface area contributed by atoms with Crippen molar-refractivity contribution < 1.29 is 4.79 Å². The van der Waals surface area contributed by atoms with Crippen LogP contribution in [-0.4, -0.2) is 6.03 Å². The molecule has 0 aliphatic carbocycles. The van der Waals surface area contributed by atoms with E-state index >= 15 is 0 Å². The Morgan fingerprint density at radius 3 is 1.48 bits per heavy atom. The van der Waals surface area contributed by atoms with E-state index in [2.05, 4.69) is 0 Å². The molecular formula is C20H18N2O. The Morgan fingerprint density at radius 2 is 1.09 bits per heavy atom. The lowest BCUT2D eigenvalue weighted by Crippen LogP contribution is -2.39. The summed E-state index contributed by atoms with van der Waals surface area (Å²) in [7, 11) is 0. The predicted octanol–water partition coefficient (Wildman–Crippen LogP) is 4.36. The van der Waals surface area contributed by atoms with E-state index in [1.165, 1.54) is 0 Å². The van der Waals surface area contributed by atoms with E-state index in [0.717, 1.165) is 16.8 Å². The molecule has 23 heavy (non-hydrogen) atoms. The van der Waals surface area contributed by atoms with Crippen LogP contribution in [0.15, 0.2) is 91.0 Å². The molecule has 3 aromatic rings. The van der Waals surface area contributed by atoms with Gasteiger partial charge in [-0.1, -0.05) is 78.9 Å². The Morgan fingerprint density at radius 1 is 0.696 bits per heavy atom. The van der Waals surface area contributed by atoms with Crippen LogP contribution in [0.1, 0.15) is 17.2 Å². The topological polar surface area (TPSA) is 46.3 Å². The second-order valence-electron chi connectivity index (χ2n) is 5.27. The molecule has 2 N–H and O–H groups in total. The number of benzene rings is 3. The maximum Gasteiger partial charge on any atom is 0.320 e. The summed E-state index contributed by atoms with van der Waals surface area (Å²) in [6, 6.07) is 28.6. The fraction of sp³-hybridized carbons (Fsp3) is 0.0500. The fourth-order valence-corrected chi connectivity index (χ4v) is 2.75. The van der Waals surface area contributed by atoms with Gasteiger partial charge in [0.1, 0.15) is 0 Å². The first-order valence-corrected chi connectivity index (χ1v) is 7.51. The number of carbonyl (C=O) groups is 1. The molecule has 3 rings (SSSR count). The first kappa shape index (κ1) is 14.9. The van der Waals surface area contributed by atoms with E-state index in [9.17, 15) is 4.79 Å². The quantitative estimate of drug-likeness (QED) is 0.764. The number of primary amides is 1. The van der Waals surface area contributed by atoms with Gasteiger partial charge in [-0.3, -0.25) is 4.90 Å². The Bertz CT molecular complexity index is 718. The largest absolute Gasteiger partial charge is 0.351 e. The minimum absolute atomic E-state index is 0.266. The Kier molecular flexibility index (Phi) is 4.39. The molecule has 3 nitrogen and oxygen atoms in total. The van der Waals surface area contributed by atoms with Gasteiger partial charge in [0.05, 0.1) is 6.04 Å². The van der Waals surface area contributed by atoms with Crippen LogP contribution in [0.5, 0.6) is 0 Å². The van der Waals surface area contributed by atoms with Gasteiger partial charge in [-0.2, -0.15) is 0 Å². The molecule has 0 bridgehead atoms. The Hall–Kier alpha value is -3.07. The summed E-state index contributed by atoms with van der Waals surface area (Å²) in [5.41, 5.74) is 8.54. The zero-order chi connectivity index (χ0) is 16.1. The molecule has 3 heteroatoms. The number of nitrogens with zero attached hydrogens (tertiary/aromatic N) is 1. The second-order valence-corrected chi connectivity index (χ2v) is 5.27.